The molecule has 1 aliphatic rings. The van der Waals surface area contributed by atoms with Crippen molar-refractivity contribution in [1.29, 1.82) is 0 Å². The normalized spacial score (nSPS) is 14.4. The highest BCUT2D eigenvalue weighted by Gasteiger charge is 2.27. The highest BCUT2D eigenvalue weighted by atomic mass is 19.1. The first kappa shape index (κ1) is 26.8. The van der Waals surface area contributed by atoms with Gasteiger partial charge in [-0.2, -0.15) is 5.10 Å². The first-order chi connectivity index (χ1) is 19.7. The summed E-state index contributed by atoms with van der Waals surface area (Å²) in [6, 6.07) is 8.43. The number of nitrogens with zero attached hydrogens (tertiary/aromatic N) is 6. The molecule has 0 atom stereocenters. The average molecular weight is 557 g/mol. The van der Waals surface area contributed by atoms with Gasteiger partial charge in [-0.25, -0.2) is 28.4 Å². The Balaban J connectivity index is 1.29. The maximum atomic E-state index is 15.6. The van der Waals surface area contributed by atoms with Crippen molar-refractivity contribution in [1.82, 2.24) is 29.3 Å². The number of imidazole rings is 1. The van der Waals surface area contributed by atoms with Crippen LogP contribution < -0.4 is 15.2 Å². The van der Waals surface area contributed by atoms with Crippen molar-refractivity contribution in [3.63, 3.8) is 0 Å². The molecule has 4 heterocycles. The molecule has 0 aliphatic carbocycles. The quantitative estimate of drug-likeness (QED) is 0.304. The number of hydrogen-bond donors (Lipinski definition) is 1. The van der Waals surface area contributed by atoms with Crippen LogP contribution in [0.3, 0.4) is 0 Å². The second-order valence-corrected chi connectivity index (χ2v) is 10.5. The molecule has 1 saturated heterocycles. The summed E-state index contributed by atoms with van der Waals surface area (Å²) in [5.74, 6) is -0.357. The molecule has 208 valence electrons. The van der Waals surface area contributed by atoms with E-state index in [9.17, 15) is 4.39 Å². The molecule has 2 aromatic carbocycles. The molecular weight excluding hydrogens is 530 g/mol. The fourth-order valence-electron chi connectivity index (χ4n) is 5.19. The van der Waals surface area contributed by atoms with Gasteiger partial charge in [-0.15, -0.1) is 0 Å². The largest absolute Gasteiger partial charge is 0.499 e. The molecule has 5 aromatic rings. The van der Waals surface area contributed by atoms with Crippen molar-refractivity contribution in [2.24, 2.45) is 7.05 Å². The Bertz CT molecular complexity index is 1740. The fourth-order valence-corrected chi connectivity index (χ4v) is 5.19. The Morgan fingerprint density at radius 2 is 1.83 bits per heavy atom. The van der Waals surface area contributed by atoms with E-state index in [1.54, 1.807) is 35.4 Å². The van der Waals surface area contributed by atoms with E-state index in [1.807, 2.05) is 27.3 Å². The summed E-state index contributed by atoms with van der Waals surface area (Å²) in [5, 5.41) is 4.41. The zero-order valence-corrected chi connectivity index (χ0v) is 22.8. The third-order valence-corrected chi connectivity index (χ3v) is 7.14. The second-order valence-electron chi connectivity index (χ2n) is 10.5. The Morgan fingerprint density at radius 1 is 1.05 bits per heavy atom. The Kier molecular flexibility index (Phi) is 6.86. The number of benzene rings is 2. The monoisotopic (exact) mass is 557 g/mol. The SMILES string of the molecule is BC(B)(Oc1cc(F)cc(Oc2ccc(-c3nn(C4CCOCC4)c4ncnc(N)c34)c(F)c2)c1)c1cncn1C. The minimum absolute atomic E-state index is 0.0484. The summed E-state index contributed by atoms with van der Waals surface area (Å²) < 4.78 is 51.2. The van der Waals surface area contributed by atoms with Gasteiger partial charge in [0.05, 0.1) is 35.0 Å². The maximum Gasteiger partial charge on any atom is 0.164 e. The van der Waals surface area contributed by atoms with E-state index < -0.39 is 17.0 Å². The van der Waals surface area contributed by atoms with Gasteiger partial charge in [0, 0.05) is 50.1 Å². The van der Waals surface area contributed by atoms with Gasteiger partial charge >= 0.3 is 0 Å². The lowest BCUT2D eigenvalue weighted by molar-refractivity contribution is 0.0674. The third kappa shape index (κ3) is 5.22. The number of nitrogens with two attached hydrogens (primary N) is 1. The van der Waals surface area contributed by atoms with Crippen molar-refractivity contribution in [3.8, 4) is 28.5 Å². The lowest BCUT2D eigenvalue weighted by atomic mass is 9.63. The minimum atomic E-state index is -0.799. The van der Waals surface area contributed by atoms with Gasteiger partial charge < -0.3 is 24.5 Å². The summed E-state index contributed by atoms with van der Waals surface area (Å²) >= 11 is 0. The Hall–Kier alpha value is -4.45. The van der Waals surface area contributed by atoms with Crippen LogP contribution in [0, 0.1) is 11.6 Å². The molecule has 0 saturated carbocycles. The molecule has 1 fully saturated rings. The van der Waals surface area contributed by atoms with E-state index in [4.69, 9.17) is 25.0 Å². The van der Waals surface area contributed by atoms with E-state index in [0.29, 0.717) is 29.9 Å². The summed E-state index contributed by atoms with van der Waals surface area (Å²) in [4.78, 5) is 12.6. The van der Waals surface area contributed by atoms with Gasteiger partial charge in [0.25, 0.3) is 0 Å². The average Bonchev–Trinajstić information content (AvgIpc) is 3.54. The highest BCUT2D eigenvalue weighted by Crippen LogP contribution is 2.37. The number of hydrogen-bond acceptors (Lipinski definition) is 8. The minimum Gasteiger partial charge on any atom is -0.499 e. The summed E-state index contributed by atoms with van der Waals surface area (Å²) in [5.41, 5.74) is 8.11. The van der Waals surface area contributed by atoms with E-state index in [0.717, 1.165) is 18.5 Å². The number of anilines is 1. The van der Waals surface area contributed by atoms with Crippen LogP contribution in [0.15, 0.2) is 55.2 Å². The Labute approximate surface area is 236 Å². The number of ether oxygens (including phenoxy) is 3. The predicted molar refractivity (Wildman–Crippen MR) is 153 cm³/mol. The summed E-state index contributed by atoms with van der Waals surface area (Å²) in [6.07, 6.45) is 6.25. The second kappa shape index (κ2) is 10.5. The van der Waals surface area contributed by atoms with Crippen LogP contribution >= 0.6 is 0 Å². The fraction of sp³-hybridized carbons (Fsp3) is 0.259. The molecule has 10 nitrogen and oxygen atoms in total. The smallest absolute Gasteiger partial charge is 0.164 e. The van der Waals surface area contributed by atoms with Crippen molar-refractivity contribution in [2.45, 2.75) is 24.3 Å². The van der Waals surface area contributed by atoms with Crippen LogP contribution in [-0.2, 0) is 17.2 Å². The van der Waals surface area contributed by atoms with Crippen molar-refractivity contribution in [3.05, 3.63) is 72.6 Å². The lowest BCUT2D eigenvalue weighted by Gasteiger charge is -2.27. The molecule has 0 radical (unpaired) electrons. The Morgan fingerprint density at radius 3 is 2.56 bits per heavy atom. The standard InChI is InChI=1S/C27H27B2F2N7O3/c1-37-14-33-12-22(37)27(28,29)41-19-9-15(30)8-18(10-19)40-17-2-3-20(21(31)11-17)24-23-25(32)34-13-35-26(23)38(36-24)16-4-6-39-7-5-16/h2-3,8-14,16H,4-7,28-29H2,1H3,(H2,32,34,35). The predicted octanol–water partition coefficient (Wildman–Crippen LogP) is 2.69. The highest BCUT2D eigenvalue weighted by molar-refractivity contribution is 6.38. The van der Waals surface area contributed by atoms with Crippen LogP contribution in [0.2, 0.25) is 0 Å². The number of nitrogen functional groups attached to an aromatic ring is 1. The van der Waals surface area contributed by atoms with Gasteiger partial charge in [0.2, 0.25) is 0 Å². The van der Waals surface area contributed by atoms with Gasteiger partial charge in [0.15, 0.2) is 21.3 Å². The number of aromatic nitrogens is 6. The zero-order valence-electron chi connectivity index (χ0n) is 22.8. The van der Waals surface area contributed by atoms with Crippen molar-refractivity contribution >= 4 is 32.5 Å². The van der Waals surface area contributed by atoms with E-state index in [-0.39, 0.29) is 34.7 Å². The first-order valence-electron chi connectivity index (χ1n) is 13.2. The molecule has 0 bridgehead atoms. The molecule has 0 spiro atoms. The molecule has 0 unspecified atom stereocenters. The van der Waals surface area contributed by atoms with Gasteiger partial charge in [-0.1, -0.05) is 0 Å². The van der Waals surface area contributed by atoms with Crippen molar-refractivity contribution < 1.29 is 23.0 Å². The van der Waals surface area contributed by atoms with Gasteiger partial charge in [-0.05, 0) is 25.0 Å². The number of fused-ring (bicyclic) bond motifs is 1. The van der Waals surface area contributed by atoms with Crippen LogP contribution in [0.25, 0.3) is 22.3 Å². The summed E-state index contributed by atoms with van der Waals surface area (Å²) in [7, 11) is 5.56. The van der Waals surface area contributed by atoms with Crippen molar-refractivity contribution in [2.75, 3.05) is 18.9 Å². The number of rotatable bonds is 7. The molecule has 6 rings (SSSR count). The zero-order chi connectivity index (χ0) is 28.7. The molecule has 2 N–H and O–H groups in total. The van der Waals surface area contributed by atoms with Gasteiger partial charge in [-0.3, -0.25) is 0 Å². The molecular formula is C27H27B2F2N7O3. The first-order valence-corrected chi connectivity index (χ1v) is 13.2. The van der Waals surface area contributed by atoms with E-state index >= 15 is 4.39 Å². The molecule has 1 aliphatic heterocycles. The lowest BCUT2D eigenvalue weighted by Crippen LogP contribution is -2.36. The molecule has 3 aromatic heterocycles. The van der Waals surface area contributed by atoms with Crippen LogP contribution in [0.5, 0.6) is 17.2 Å². The van der Waals surface area contributed by atoms with Crippen LogP contribution in [-0.4, -0.2) is 58.2 Å². The molecule has 0 amide bonds. The van der Waals surface area contributed by atoms with Crippen LogP contribution in [0.1, 0.15) is 24.6 Å². The summed E-state index contributed by atoms with van der Waals surface area (Å²) in [6.45, 7) is 1.21. The molecule has 41 heavy (non-hydrogen) atoms. The molecule has 14 heteroatoms. The van der Waals surface area contributed by atoms with E-state index in [2.05, 4.69) is 15.0 Å². The number of aryl methyl sites for hydroxylation is 1. The van der Waals surface area contributed by atoms with Crippen LogP contribution in [0.4, 0.5) is 14.6 Å². The maximum absolute atomic E-state index is 15.6. The third-order valence-electron chi connectivity index (χ3n) is 7.14. The van der Waals surface area contributed by atoms with E-state index in [1.165, 1.54) is 24.5 Å². The topological polar surface area (TPSA) is 115 Å². The van der Waals surface area contributed by atoms with Gasteiger partial charge in [0.1, 0.15) is 46.7 Å². The number of halogens is 2.